The van der Waals surface area contributed by atoms with Crippen molar-refractivity contribution in [2.24, 2.45) is 11.3 Å². The fourth-order valence-electron chi connectivity index (χ4n) is 11.8. The minimum Gasteiger partial charge on any atom is -0.754 e. The lowest BCUT2D eigenvalue weighted by Crippen LogP contribution is -2.59. The maximum absolute atomic E-state index is 16.1. The van der Waals surface area contributed by atoms with Crippen LogP contribution in [0.15, 0.2) is 78.6 Å². The number of hydrazine groups is 1. The van der Waals surface area contributed by atoms with Gasteiger partial charge in [0.05, 0.1) is 52.1 Å². The summed E-state index contributed by atoms with van der Waals surface area (Å²) in [7, 11) is 0. The van der Waals surface area contributed by atoms with E-state index in [1.54, 1.807) is 23.6 Å². The first-order valence-electron chi connectivity index (χ1n) is 27.8. The number of benzene rings is 3. The molecule has 3 aromatic carbocycles. The molecule has 6 aromatic rings. The number of aromatic amines is 1. The highest BCUT2D eigenvalue weighted by Crippen LogP contribution is 2.35. The topological polar surface area (TPSA) is 214 Å². The number of aliphatic hydroxyl groups is 1. The van der Waals surface area contributed by atoms with Crippen LogP contribution in [0.4, 0.5) is 24.5 Å². The van der Waals surface area contributed by atoms with Gasteiger partial charge >= 0.3 is 0 Å². The predicted octanol–water partition coefficient (Wildman–Crippen LogP) is 6.68. The molecule has 18 nitrogen and oxygen atoms in total. The van der Waals surface area contributed by atoms with E-state index in [4.69, 9.17) is 0 Å². The number of aliphatic hydroxyl groups excluding tert-OH is 1. The number of piperazine rings is 1. The number of aryl methyl sites for hydroxylation is 2. The van der Waals surface area contributed by atoms with Crippen LogP contribution in [0.1, 0.15) is 79.2 Å². The fraction of sp³-hybridized carbons (Fsp3) is 0.458. The number of thiazole rings is 1. The largest absolute Gasteiger partial charge is 0.754 e. The zero-order valence-electron chi connectivity index (χ0n) is 46.6. The highest BCUT2D eigenvalue weighted by Gasteiger charge is 2.45. The molecule has 4 fully saturated rings. The van der Waals surface area contributed by atoms with Crippen molar-refractivity contribution in [3.05, 3.63) is 118 Å². The van der Waals surface area contributed by atoms with Crippen LogP contribution in [0.5, 0.6) is 0 Å². The number of rotatable bonds is 17. The van der Waals surface area contributed by atoms with Crippen LogP contribution in [-0.2, 0) is 32.2 Å². The zero-order valence-corrected chi connectivity index (χ0v) is 48.3. The second kappa shape index (κ2) is 24.7. The van der Waals surface area contributed by atoms with Gasteiger partial charge in [-0.25, -0.2) is 32.6 Å². The van der Waals surface area contributed by atoms with E-state index in [1.165, 1.54) is 11.1 Å². The molecule has 3 aromatic heterocycles. The molecule has 1 unspecified atom stereocenters. The van der Waals surface area contributed by atoms with Crippen LogP contribution in [-0.4, -0.2) is 168 Å². The van der Waals surface area contributed by atoms with Crippen molar-refractivity contribution in [2.75, 3.05) is 81.3 Å². The van der Waals surface area contributed by atoms with E-state index in [1.807, 2.05) is 76.5 Å². The average Bonchev–Trinajstić information content (AvgIpc) is 3.92. The lowest BCUT2D eigenvalue weighted by atomic mass is 9.85. The molecule has 23 heteroatoms. The SMILES string of the molecule is Cc1cc(-c2scnc2C)ccc1CNC(=O)[C@@H]1C[C@@H](O)CN1C(=O)[C@@H](NC(=O)CN1CCC(CN2CCN(c3ccc(-c4cnc5[nH]cc(C(=O)c6c(F)ccc(N(N7CC[C@@H](F)C7)S(=O)[O-])c6F)c5c4)cc3)CC2)CC1)C(C)(C)C. The maximum Gasteiger partial charge on any atom is 0.246 e. The number of hydrogen-bond acceptors (Lipinski definition) is 14. The van der Waals surface area contributed by atoms with Gasteiger partial charge < -0.3 is 35.1 Å². The maximum atomic E-state index is 16.1. The Bertz CT molecular complexity index is 3360. The summed E-state index contributed by atoms with van der Waals surface area (Å²) in [6.45, 7) is 15.6. The van der Waals surface area contributed by atoms with Gasteiger partial charge in [-0.15, -0.1) is 11.3 Å². The number of nitrogens with zero attached hydrogens (tertiary/aromatic N) is 8. The van der Waals surface area contributed by atoms with Crippen LogP contribution in [0, 0.1) is 36.8 Å². The number of carbonyl (C=O) groups is 4. The Balaban J connectivity index is 0.685. The number of β-amino-alcohol motifs (C(OH)–C–C–N with tert-alkyl or cyclic N) is 1. The standard InChI is InChI=1S/C59H70F3N11O7S2/c1-35-24-39(54-36(2)66-34-81-54)6-7-40(35)27-65-57(77)49-26-44(74)32-72(49)58(78)55(59(3,4)5)67-50(75)33-68-17-14-37(15-18-68)30-69-20-22-70(23-21-69)43-10-8-38(9-11-43)41-25-45-46(29-64-56(45)63-28-41)53(76)51-47(61)12-13-48(52(51)62)73(82(79)80)71-19-16-42(60)31-71/h6-13,24-25,28-29,34,37,42,44,49,55,74H,14-23,26-27,30-33H2,1-5H3,(H,63,64)(H,65,77)(H,67,75)(H,79,80)/p-1/t42-,44-,49+,55-/m1/s1. The predicted molar refractivity (Wildman–Crippen MR) is 308 cm³/mol. The Kier molecular flexibility index (Phi) is 17.6. The number of piperidine rings is 1. The third kappa shape index (κ3) is 12.8. The molecule has 0 saturated carbocycles. The molecule has 4 saturated heterocycles. The van der Waals surface area contributed by atoms with E-state index in [0.717, 1.165) is 114 Å². The van der Waals surface area contributed by atoms with Gasteiger partial charge in [0.15, 0.2) is 5.82 Å². The number of amides is 3. The molecule has 10 rings (SSSR count). The average molecular weight is 1170 g/mol. The van der Waals surface area contributed by atoms with Gasteiger partial charge in [0.2, 0.25) is 23.5 Å². The minimum absolute atomic E-state index is 0.00127. The molecule has 436 valence electrons. The number of H-pyrrole nitrogens is 1. The van der Waals surface area contributed by atoms with Gasteiger partial charge in [-0.2, -0.15) is 0 Å². The number of carbonyl (C=O) groups excluding carboxylic acids is 4. The number of halogens is 3. The first kappa shape index (κ1) is 58.6. The van der Waals surface area contributed by atoms with Crippen LogP contribution in [0.25, 0.3) is 32.6 Å². The second-order valence-corrected chi connectivity index (χ2v) is 24.8. The van der Waals surface area contributed by atoms with Crippen molar-refractivity contribution >= 4 is 68.5 Å². The van der Waals surface area contributed by atoms with Crippen LogP contribution in [0.3, 0.4) is 0 Å². The molecule has 0 radical (unpaired) electrons. The van der Waals surface area contributed by atoms with Crippen molar-refractivity contribution in [3.63, 3.8) is 0 Å². The Labute approximate surface area is 481 Å². The fourth-order valence-corrected chi connectivity index (χ4v) is 13.2. The van der Waals surface area contributed by atoms with E-state index in [2.05, 4.69) is 46.4 Å². The Morgan fingerprint density at radius 1 is 0.902 bits per heavy atom. The molecule has 82 heavy (non-hydrogen) atoms. The molecule has 5 atom stereocenters. The Hall–Kier alpha value is -6.60. The Morgan fingerprint density at radius 3 is 2.29 bits per heavy atom. The van der Waals surface area contributed by atoms with Gasteiger partial charge in [-0.1, -0.05) is 51.1 Å². The van der Waals surface area contributed by atoms with Crippen LogP contribution < -0.4 is 19.9 Å². The first-order valence-corrected chi connectivity index (χ1v) is 29.8. The van der Waals surface area contributed by atoms with Gasteiger partial charge in [0, 0.05) is 93.4 Å². The number of ketones is 1. The highest BCUT2D eigenvalue weighted by molar-refractivity contribution is 7.80. The summed E-state index contributed by atoms with van der Waals surface area (Å²) >= 11 is -1.50. The quantitative estimate of drug-likeness (QED) is 0.0555. The second-order valence-electron chi connectivity index (χ2n) is 23.1. The van der Waals surface area contributed by atoms with E-state index in [0.29, 0.717) is 26.9 Å². The minimum atomic E-state index is -3.08. The number of alkyl halides is 1. The molecule has 4 aliphatic rings. The van der Waals surface area contributed by atoms with Crippen molar-refractivity contribution in [1.29, 1.82) is 0 Å². The number of anilines is 2. The number of likely N-dealkylation sites (tertiary alicyclic amines) is 2. The molecular formula is C59H69F3N11O7S2-. The third-order valence-electron chi connectivity index (χ3n) is 16.4. The van der Waals surface area contributed by atoms with Crippen molar-refractivity contribution in [2.45, 2.75) is 91.2 Å². The molecule has 4 N–H and O–H groups in total. The highest BCUT2D eigenvalue weighted by atomic mass is 32.2. The van der Waals surface area contributed by atoms with Gasteiger partial charge in [-0.05, 0) is 110 Å². The van der Waals surface area contributed by atoms with E-state index in [9.17, 15) is 37.4 Å². The van der Waals surface area contributed by atoms with Gasteiger partial charge in [0.1, 0.15) is 35.4 Å². The third-order valence-corrected chi connectivity index (χ3v) is 18.1. The molecular weight excluding hydrogens is 1100 g/mol. The Morgan fingerprint density at radius 2 is 1.63 bits per heavy atom. The summed E-state index contributed by atoms with van der Waals surface area (Å²) in [6, 6.07) is 15.7. The van der Waals surface area contributed by atoms with E-state index >= 15 is 8.78 Å². The lowest BCUT2D eigenvalue weighted by Gasteiger charge is -2.40. The van der Waals surface area contributed by atoms with Crippen molar-refractivity contribution < 1.29 is 46.2 Å². The van der Waals surface area contributed by atoms with Gasteiger partial charge in [-0.3, -0.25) is 33.2 Å². The molecule has 3 amide bonds. The van der Waals surface area contributed by atoms with E-state index in [-0.39, 0.29) is 62.9 Å². The van der Waals surface area contributed by atoms with Gasteiger partial charge in [0.25, 0.3) is 0 Å². The number of hydrogen-bond donors (Lipinski definition) is 4. The normalized spacial score (nSPS) is 20.3. The number of fused-ring (bicyclic) bond motifs is 1. The summed E-state index contributed by atoms with van der Waals surface area (Å²) in [4.78, 5) is 76.8. The first-order chi connectivity index (χ1) is 39.2. The monoisotopic (exact) mass is 1160 g/mol. The number of nitrogens with one attached hydrogen (secondary N) is 3. The van der Waals surface area contributed by atoms with Crippen molar-refractivity contribution in [3.8, 4) is 21.6 Å². The summed E-state index contributed by atoms with van der Waals surface area (Å²) < 4.78 is 70.4. The number of pyridine rings is 1. The summed E-state index contributed by atoms with van der Waals surface area (Å²) in [6.07, 6.45) is 2.75. The summed E-state index contributed by atoms with van der Waals surface area (Å²) in [5, 5.41) is 18.2. The number of aromatic nitrogens is 3. The summed E-state index contributed by atoms with van der Waals surface area (Å²) in [5.74, 6) is -4.12. The van der Waals surface area contributed by atoms with Crippen LogP contribution in [0.2, 0.25) is 0 Å². The molecule has 7 heterocycles. The molecule has 0 aliphatic carbocycles. The molecule has 4 aliphatic heterocycles. The smallest absolute Gasteiger partial charge is 0.246 e. The zero-order chi connectivity index (χ0) is 58.1. The summed E-state index contributed by atoms with van der Waals surface area (Å²) in [5.41, 5.74) is 6.35. The molecule has 0 spiro atoms. The van der Waals surface area contributed by atoms with E-state index < -0.39 is 75.6 Å². The lowest BCUT2D eigenvalue weighted by molar-refractivity contribution is -0.144. The van der Waals surface area contributed by atoms with Crippen molar-refractivity contribution in [1.82, 2.24) is 45.3 Å². The van der Waals surface area contributed by atoms with Crippen LogP contribution >= 0.6 is 11.3 Å². The molecule has 0 bridgehead atoms.